The van der Waals surface area contributed by atoms with Gasteiger partial charge in [-0.2, -0.15) is 0 Å². The molecule has 2 N–H and O–H groups in total. The minimum absolute atomic E-state index is 0.167. The van der Waals surface area contributed by atoms with E-state index < -0.39 is 20.5 Å². The summed E-state index contributed by atoms with van der Waals surface area (Å²) in [7, 11) is -2.27. The van der Waals surface area contributed by atoms with Crippen molar-refractivity contribution in [3.8, 4) is 0 Å². The third kappa shape index (κ3) is 4.65. The van der Waals surface area contributed by atoms with Gasteiger partial charge in [0, 0.05) is 25.2 Å². The van der Waals surface area contributed by atoms with E-state index in [0.717, 1.165) is 6.07 Å². The van der Waals surface area contributed by atoms with Crippen LogP contribution in [0.3, 0.4) is 0 Å². The molecule has 0 aromatic heterocycles. The second-order valence-electron chi connectivity index (χ2n) is 5.91. The van der Waals surface area contributed by atoms with Crippen LogP contribution in [0.15, 0.2) is 23.1 Å². The van der Waals surface area contributed by atoms with Crippen molar-refractivity contribution in [1.29, 1.82) is 0 Å². The van der Waals surface area contributed by atoms with Crippen LogP contribution < -0.4 is 9.62 Å². The highest BCUT2D eigenvalue weighted by molar-refractivity contribution is 7.89. The van der Waals surface area contributed by atoms with Crippen molar-refractivity contribution in [3.05, 3.63) is 28.3 Å². The molecule has 8 nitrogen and oxygen atoms in total. The number of nitro groups is 1. The van der Waals surface area contributed by atoms with Crippen molar-refractivity contribution in [3.63, 3.8) is 0 Å². The number of likely N-dealkylation sites (N-methyl/N-ethyl adjacent to an activating group) is 1. The van der Waals surface area contributed by atoms with E-state index in [0.29, 0.717) is 0 Å². The fourth-order valence-corrected chi connectivity index (χ4v) is 3.31. The Balaban J connectivity index is 3.32. The van der Waals surface area contributed by atoms with E-state index >= 15 is 0 Å². The van der Waals surface area contributed by atoms with E-state index in [4.69, 9.17) is 5.11 Å². The van der Waals surface area contributed by atoms with Crippen LogP contribution in [0.1, 0.15) is 20.8 Å². The number of benzene rings is 1. The molecule has 1 rings (SSSR count). The SMILES string of the molecule is CN(CCO)c1ccc(S(=O)(=O)NC(C)(C)C)cc1[N+](=O)[O-]. The number of aliphatic hydroxyl groups excluding tert-OH is 1. The largest absolute Gasteiger partial charge is 0.395 e. The van der Waals surface area contributed by atoms with Crippen molar-refractivity contribution in [2.75, 3.05) is 25.1 Å². The summed E-state index contributed by atoms with van der Waals surface area (Å²) in [5, 5.41) is 20.1. The summed E-state index contributed by atoms with van der Waals surface area (Å²) in [4.78, 5) is 11.9. The predicted molar refractivity (Wildman–Crippen MR) is 83.5 cm³/mol. The van der Waals surface area contributed by atoms with E-state index in [9.17, 15) is 18.5 Å². The Morgan fingerprint density at radius 1 is 1.36 bits per heavy atom. The third-order valence-electron chi connectivity index (χ3n) is 2.74. The minimum atomic E-state index is -3.85. The third-order valence-corrected chi connectivity index (χ3v) is 4.50. The molecule has 0 saturated heterocycles. The van der Waals surface area contributed by atoms with Crippen molar-refractivity contribution in [2.24, 2.45) is 0 Å². The normalized spacial score (nSPS) is 12.2. The number of rotatable bonds is 6. The van der Waals surface area contributed by atoms with E-state index in [1.54, 1.807) is 27.8 Å². The van der Waals surface area contributed by atoms with Gasteiger partial charge in [0.15, 0.2) is 0 Å². The predicted octanol–water partition coefficient (Wildman–Crippen LogP) is 1.10. The number of aliphatic hydroxyl groups is 1. The Morgan fingerprint density at radius 2 is 1.95 bits per heavy atom. The van der Waals surface area contributed by atoms with Gasteiger partial charge in [-0.25, -0.2) is 13.1 Å². The Hall–Kier alpha value is -1.71. The molecule has 1 aromatic carbocycles. The lowest BCUT2D eigenvalue weighted by Crippen LogP contribution is -2.40. The molecule has 0 amide bonds. The molecule has 124 valence electrons. The average Bonchev–Trinajstić information content (AvgIpc) is 2.35. The molecule has 0 fully saturated rings. The van der Waals surface area contributed by atoms with Gasteiger partial charge < -0.3 is 10.0 Å². The summed E-state index contributed by atoms with van der Waals surface area (Å²) in [6, 6.07) is 3.70. The van der Waals surface area contributed by atoms with Gasteiger partial charge in [-0.15, -0.1) is 0 Å². The quantitative estimate of drug-likeness (QED) is 0.596. The second-order valence-corrected chi connectivity index (χ2v) is 7.59. The Labute approximate surface area is 130 Å². The van der Waals surface area contributed by atoms with Gasteiger partial charge in [0.2, 0.25) is 10.0 Å². The molecule has 22 heavy (non-hydrogen) atoms. The van der Waals surface area contributed by atoms with E-state index in [1.807, 2.05) is 0 Å². The maximum atomic E-state index is 12.2. The first-order valence-electron chi connectivity index (χ1n) is 6.62. The van der Waals surface area contributed by atoms with Gasteiger partial charge in [0.25, 0.3) is 5.69 Å². The Bertz CT molecular complexity index is 652. The van der Waals surface area contributed by atoms with Crippen LogP contribution in [0.2, 0.25) is 0 Å². The number of nitrogens with zero attached hydrogens (tertiary/aromatic N) is 2. The lowest BCUT2D eigenvalue weighted by Gasteiger charge is -2.21. The molecule has 0 spiro atoms. The molecule has 0 aliphatic heterocycles. The van der Waals surface area contributed by atoms with Crippen LogP contribution in [0.4, 0.5) is 11.4 Å². The Morgan fingerprint density at radius 3 is 2.41 bits per heavy atom. The lowest BCUT2D eigenvalue weighted by molar-refractivity contribution is -0.384. The van der Waals surface area contributed by atoms with Crippen molar-refractivity contribution in [2.45, 2.75) is 31.2 Å². The number of nitrogens with one attached hydrogen (secondary N) is 1. The minimum Gasteiger partial charge on any atom is -0.395 e. The molecular formula is C13H21N3O5S. The van der Waals surface area contributed by atoms with Crippen LogP contribution in [-0.2, 0) is 10.0 Å². The zero-order chi connectivity index (χ0) is 17.1. The fourth-order valence-electron chi connectivity index (χ4n) is 1.87. The highest BCUT2D eigenvalue weighted by Crippen LogP contribution is 2.30. The monoisotopic (exact) mass is 331 g/mol. The molecule has 9 heteroatoms. The standard InChI is InChI=1S/C13H21N3O5S/c1-13(2,3)14-22(20,21)10-5-6-11(15(4)7-8-17)12(9-10)16(18)19/h5-6,9,14,17H,7-8H2,1-4H3. The highest BCUT2D eigenvalue weighted by Gasteiger charge is 2.26. The molecule has 1 aromatic rings. The molecule has 0 heterocycles. The van der Waals surface area contributed by atoms with Gasteiger partial charge >= 0.3 is 0 Å². The molecule has 0 atom stereocenters. The number of anilines is 1. The van der Waals surface area contributed by atoms with Crippen LogP contribution >= 0.6 is 0 Å². The van der Waals surface area contributed by atoms with Crippen molar-refractivity contribution >= 4 is 21.4 Å². The fraction of sp³-hybridized carbons (Fsp3) is 0.538. The summed E-state index contributed by atoms with van der Waals surface area (Å²) < 4.78 is 26.9. The second kappa shape index (κ2) is 6.59. The maximum Gasteiger partial charge on any atom is 0.293 e. The molecule has 0 radical (unpaired) electrons. The number of sulfonamides is 1. The van der Waals surface area contributed by atoms with Crippen LogP contribution in [0.5, 0.6) is 0 Å². The smallest absolute Gasteiger partial charge is 0.293 e. The molecule has 0 unspecified atom stereocenters. The number of nitro benzene ring substituents is 1. The first-order valence-corrected chi connectivity index (χ1v) is 8.10. The summed E-state index contributed by atoms with van der Waals surface area (Å²) in [6.45, 7) is 5.08. The molecular weight excluding hydrogens is 310 g/mol. The summed E-state index contributed by atoms with van der Waals surface area (Å²) in [5.74, 6) is 0. The van der Waals surface area contributed by atoms with Gasteiger partial charge in [-0.3, -0.25) is 10.1 Å². The molecule has 0 bridgehead atoms. The number of hydrogen-bond donors (Lipinski definition) is 2. The highest BCUT2D eigenvalue weighted by atomic mass is 32.2. The lowest BCUT2D eigenvalue weighted by atomic mass is 10.1. The first kappa shape index (κ1) is 18.3. The van der Waals surface area contributed by atoms with Crippen LogP contribution in [0, 0.1) is 10.1 Å². The number of hydrogen-bond acceptors (Lipinski definition) is 6. The summed E-state index contributed by atoms with van der Waals surface area (Å²) in [5.41, 5.74) is -0.776. The Kier molecular flexibility index (Phi) is 5.49. The van der Waals surface area contributed by atoms with E-state index in [1.165, 1.54) is 17.0 Å². The van der Waals surface area contributed by atoms with Gasteiger partial charge in [0.05, 0.1) is 16.4 Å². The zero-order valence-corrected chi connectivity index (χ0v) is 13.8. The van der Waals surface area contributed by atoms with E-state index in [2.05, 4.69) is 4.72 Å². The average molecular weight is 331 g/mol. The van der Waals surface area contributed by atoms with Crippen LogP contribution in [-0.4, -0.2) is 44.2 Å². The molecule has 0 aliphatic carbocycles. The van der Waals surface area contributed by atoms with Crippen molar-refractivity contribution in [1.82, 2.24) is 4.72 Å². The molecule has 0 saturated carbocycles. The van der Waals surface area contributed by atoms with E-state index in [-0.39, 0.29) is 29.4 Å². The van der Waals surface area contributed by atoms with Gasteiger partial charge in [0.1, 0.15) is 5.69 Å². The van der Waals surface area contributed by atoms with Crippen LogP contribution in [0.25, 0.3) is 0 Å². The van der Waals surface area contributed by atoms with Gasteiger partial charge in [-0.05, 0) is 32.9 Å². The molecule has 0 aliphatic rings. The summed E-state index contributed by atoms with van der Waals surface area (Å²) >= 11 is 0. The summed E-state index contributed by atoms with van der Waals surface area (Å²) in [6.07, 6.45) is 0. The zero-order valence-electron chi connectivity index (χ0n) is 13.0. The van der Waals surface area contributed by atoms with Crippen molar-refractivity contribution < 1.29 is 18.4 Å². The topological polar surface area (TPSA) is 113 Å². The van der Waals surface area contributed by atoms with Gasteiger partial charge in [-0.1, -0.05) is 0 Å². The maximum absolute atomic E-state index is 12.2. The first-order chi connectivity index (χ1) is 9.98.